The third kappa shape index (κ3) is 3.48. The number of methoxy groups -OCH3 is 2. The van der Waals surface area contributed by atoms with Gasteiger partial charge in [0, 0.05) is 13.6 Å². The Balaban J connectivity index is 2.68. The van der Waals surface area contributed by atoms with Crippen LogP contribution in [0.4, 0.5) is 0 Å². The lowest BCUT2D eigenvalue weighted by atomic mass is 10.1. The number of rotatable bonds is 6. The molecule has 0 radical (unpaired) electrons. The second kappa shape index (κ2) is 6.64. The van der Waals surface area contributed by atoms with Gasteiger partial charge in [-0.2, -0.15) is 0 Å². The molecule has 1 aromatic carbocycles. The zero-order valence-electron chi connectivity index (χ0n) is 10.8. The number of hydrogen-bond donors (Lipinski definition) is 0. The van der Waals surface area contributed by atoms with Crippen molar-refractivity contribution in [1.82, 2.24) is 4.90 Å². The highest BCUT2D eigenvalue weighted by molar-refractivity contribution is 6.23. The summed E-state index contributed by atoms with van der Waals surface area (Å²) in [5.41, 5.74) is 1.01. The van der Waals surface area contributed by atoms with Crippen LogP contribution in [-0.4, -0.2) is 44.9 Å². The number of carbonyl (C=O) groups is 2. The van der Waals surface area contributed by atoms with Crippen LogP contribution in [0, 0.1) is 0 Å². The fraction of sp³-hybridized carbons (Fsp3) is 0.385. The fourth-order valence-electron chi connectivity index (χ4n) is 1.53. The third-order valence-corrected chi connectivity index (χ3v) is 2.66. The van der Waals surface area contributed by atoms with E-state index in [4.69, 9.17) is 9.47 Å². The van der Waals surface area contributed by atoms with Crippen LogP contribution >= 0.6 is 0 Å². The van der Waals surface area contributed by atoms with Crippen molar-refractivity contribution < 1.29 is 19.1 Å². The Bertz CT molecular complexity index is 431. The molecule has 0 heterocycles. The number of amides is 1. The van der Waals surface area contributed by atoms with E-state index in [2.05, 4.69) is 0 Å². The van der Waals surface area contributed by atoms with E-state index in [1.165, 1.54) is 4.90 Å². The fourth-order valence-corrected chi connectivity index (χ4v) is 1.53. The monoisotopic (exact) mass is 251 g/mol. The van der Waals surface area contributed by atoms with Crippen molar-refractivity contribution in [3.8, 4) is 11.5 Å². The molecule has 0 saturated heterocycles. The predicted molar refractivity (Wildman–Crippen MR) is 67.0 cm³/mol. The van der Waals surface area contributed by atoms with Crippen molar-refractivity contribution in [2.45, 2.75) is 6.42 Å². The topological polar surface area (TPSA) is 55.8 Å². The first kappa shape index (κ1) is 14.0. The lowest BCUT2D eigenvalue weighted by Crippen LogP contribution is -2.29. The Morgan fingerprint density at radius 3 is 2.50 bits per heavy atom. The maximum atomic E-state index is 11.1. The zero-order valence-corrected chi connectivity index (χ0v) is 10.8. The number of nitrogens with zero attached hydrogens (tertiary/aromatic N) is 1. The van der Waals surface area contributed by atoms with Crippen molar-refractivity contribution >= 4 is 12.2 Å². The van der Waals surface area contributed by atoms with Crippen molar-refractivity contribution in [2.75, 3.05) is 27.8 Å². The first-order valence-corrected chi connectivity index (χ1v) is 5.53. The van der Waals surface area contributed by atoms with Crippen molar-refractivity contribution in [3.05, 3.63) is 23.8 Å². The maximum Gasteiger partial charge on any atom is 0.286 e. The summed E-state index contributed by atoms with van der Waals surface area (Å²) in [7, 11) is 4.75. The summed E-state index contributed by atoms with van der Waals surface area (Å²) in [5, 5.41) is 0. The van der Waals surface area contributed by atoms with Gasteiger partial charge in [0.15, 0.2) is 11.5 Å². The molecule has 0 aliphatic rings. The van der Waals surface area contributed by atoms with E-state index in [0.717, 1.165) is 5.56 Å². The molecule has 1 aromatic rings. The molecule has 0 aliphatic heterocycles. The Morgan fingerprint density at radius 2 is 1.94 bits per heavy atom. The van der Waals surface area contributed by atoms with Crippen LogP contribution < -0.4 is 9.47 Å². The van der Waals surface area contributed by atoms with Crippen LogP contribution in [0.2, 0.25) is 0 Å². The molecule has 0 bridgehead atoms. The lowest BCUT2D eigenvalue weighted by molar-refractivity contribution is -0.137. The van der Waals surface area contributed by atoms with Gasteiger partial charge < -0.3 is 14.4 Å². The van der Waals surface area contributed by atoms with E-state index in [0.29, 0.717) is 30.8 Å². The molecule has 1 rings (SSSR count). The number of benzene rings is 1. The molecule has 5 heteroatoms. The third-order valence-electron chi connectivity index (χ3n) is 2.66. The van der Waals surface area contributed by atoms with Crippen molar-refractivity contribution in [1.29, 1.82) is 0 Å². The molecule has 1 amide bonds. The Labute approximate surface area is 106 Å². The summed E-state index contributed by atoms with van der Waals surface area (Å²) in [5.74, 6) is 0.799. The number of hydrogen-bond acceptors (Lipinski definition) is 4. The van der Waals surface area contributed by atoms with E-state index in [1.807, 2.05) is 18.2 Å². The van der Waals surface area contributed by atoms with Gasteiger partial charge in [0.25, 0.3) is 5.91 Å². The van der Waals surface area contributed by atoms with E-state index in [9.17, 15) is 9.59 Å². The lowest BCUT2D eigenvalue weighted by Gasteiger charge is -2.14. The molecule has 0 aliphatic carbocycles. The van der Waals surface area contributed by atoms with Gasteiger partial charge in [-0.15, -0.1) is 0 Å². The van der Waals surface area contributed by atoms with E-state index < -0.39 is 5.91 Å². The highest BCUT2D eigenvalue weighted by Gasteiger charge is 2.08. The summed E-state index contributed by atoms with van der Waals surface area (Å²) in [6.45, 7) is 0.479. The molecule has 0 unspecified atom stereocenters. The van der Waals surface area contributed by atoms with Crippen molar-refractivity contribution in [2.24, 2.45) is 0 Å². The van der Waals surface area contributed by atoms with E-state index in [-0.39, 0.29) is 0 Å². The molecule has 98 valence electrons. The van der Waals surface area contributed by atoms with Crippen LogP contribution in [0.15, 0.2) is 18.2 Å². The summed E-state index contributed by atoms with van der Waals surface area (Å²) >= 11 is 0. The van der Waals surface area contributed by atoms with E-state index in [1.54, 1.807) is 21.3 Å². The summed E-state index contributed by atoms with van der Waals surface area (Å²) < 4.78 is 10.3. The van der Waals surface area contributed by atoms with Gasteiger partial charge in [0.05, 0.1) is 14.2 Å². The molecular formula is C13H17NO4. The zero-order chi connectivity index (χ0) is 13.5. The number of ether oxygens (including phenoxy) is 2. The number of likely N-dealkylation sites (N-methyl/N-ethyl adjacent to an activating group) is 1. The quantitative estimate of drug-likeness (QED) is 0.557. The standard InChI is InChI=1S/C13H17NO4/c1-14(13(16)9-15)7-6-10-4-5-11(17-2)12(8-10)18-3/h4-5,8-9H,6-7H2,1-3H3. The molecule has 0 saturated carbocycles. The van der Waals surface area contributed by atoms with Gasteiger partial charge in [-0.3, -0.25) is 9.59 Å². The average molecular weight is 251 g/mol. The number of aldehydes is 1. The average Bonchev–Trinajstić information content (AvgIpc) is 2.43. The van der Waals surface area contributed by atoms with Crippen LogP contribution in [0.25, 0.3) is 0 Å². The highest BCUT2D eigenvalue weighted by atomic mass is 16.5. The predicted octanol–water partition coefficient (Wildman–Crippen LogP) is 0.904. The molecule has 0 atom stereocenters. The van der Waals surface area contributed by atoms with Gasteiger partial charge >= 0.3 is 0 Å². The Hall–Kier alpha value is -2.04. The summed E-state index contributed by atoms with van der Waals surface area (Å²) in [6, 6.07) is 5.58. The van der Waals surface area contributed by atoms with E-state index >= 15 is 0 Å². The SMILES string of the molecule is COc1ccc(CCN(C)C(=O)C=O)cc1OC. The smallest absolute Gasteiger partial charge is 0.286 e. The summed E-state index contributed by atoms with van der Waals surface area (Å²) in [4.78, 5) is 22.8. The normalized spacial score (nSPS) is 9.72. The van der Waals surface area contributed by atoms with Crippen LogP contribution in [0.5, 0.6) is 11.5 Å². The van der Waals surface area contributed by atoms with Gasteiger partial charge in [0.1, 0.15) is 0 Å². The van der Waals surface area contributed by atoms with Gasteiger partial charge in [-0.1, -0.05) is 6.07 Å². The molecule has 0 N–H and O–H groups in total. The van der Waals surface area contributed by atoms with Crippen LogP contribution in [-0.2, 0) is 16.0 Å². The molecule has 0 fully saturated rings. The Kier molecular flexibility index (Phi) is 5.17. The summed E-state index contributed by atoms with van der Waals surface area (Å²) in [6.07, 6.45) is 0.963. The minimum absolute atomic E-state index is 0.314. The molecule has 5 nitrogen and oxygen atoms in total. The van der Waals surface area contributed by atoms with Gasteiger partial charge in [-0.25, -0.2) is 0 Å². The molecule has 18 heavy (non-hydrogen) atoms. The Morgan fingerprint density at radius 1 is 1.28 bits per heavy atom. The van der Waals surface area contributed by atoms with Crippen LogP contribution in [0.1, 0.15) is 5.56 Å². The van der Waals surface area contributed by atoms with Crippen molar-refractivity contribution in [3.63, 3.8) is 0 Å². The van der Waals surface area contributed by atoms with Gasteiger partial charge in [-0.05, 0) is 24.1 Å². The van der Waals surface area contributed by atoms with Crippen LogP contribution in [0.3, 0.4) is 0 Å². The first-order chi connectivity index (χ1) is 8.62. The molecule has 0 spiro atoms. The molecule has 0 aromatic heterocycles. The minimum Gasteiger partial charge on any atom is -0.493 e. The second-order valence-corrected chi connectivity index (χ2v) is 3.82. The second-order valence-electron chi connectivity index (χ2n) is 3.82. The largest absolute Gasteiger partial charge is 0.493 e. The van der Waals surface area contributed by atoms with Gasteiger partial charge in [0.2, 0.25) is 6.29 Å². The highest BCUT2D eigenvalue weighted by Crippen LogP contribution is 2.27. The maximum absolute atomic E-state index is 11.1. The molecular weight excluding hydrogens is 234 g/mol. The number of carbonyl (C=O) groups excluding carboxylic acids is 2. The minimum atomic E-state index is -0.518. The first-order valence-electron chi connectivity index (χ1n) is 5.53.